The molecule has 0 aliphatic carbocycles. The lowest BCUT2D eigenvalue weighted by molar-refractivity contribution is -0.116. The highest BCUT2D eigenvalue weighted by Gasteiger charge is 2.21. The lowest BCUT2D eigenvalue weighted by atomic mass is 10.2. The van der Waals surface area contributed by atoms with Crippen LogP contribution in [-0.2, 0) is 4.79 Å². The van der Waals surface area contributed by atoms with Gasteiger partial charge in [0.1, 0.15) is 17.0 Å². The Morgan fingerprint density at radius 3 is 2.45 bits per heavy atom. The molecule has 0 saturated heterocycles. The van der Waals surface area contributed by atoms with Crippen molar-refractivity contribution in [1.82, 2.24) is 9.88 Å². The van der Waals surface area contributed by atoms with Crippen molar-refractivity contribution >= 4 is 44.4 Å². The summed E-state index contributed by atoms with van der Waals surface area (Å²) >= 11 is 3.07. The highest BCUT2D eigenvalue weighted by atomic mass is 32.2. The fraction of sp³-hybridized carbons (Fsp3) is 0.391. The zero-order chi connectivity index (χ0) is 22.4. The number of aromatic nitrogens is 1. The number of benzene rings is 2. The monoisotopic (exact) mass is 459 g/mol. The van der Waals surface area contributed by atoms with Gasteiger partial charge in [-0.05, 0) is 69.9 Å². The first-order valence-corrected chi connectivity index (χ1v) is 11.9. The van der Waals surface area contributed by atoms with E-state index >= 15 is 0 Å². The van der Waals surface area contributed by atoms with E-state index in [1.807, 2.05) is 55.4 Å². The molecule has 2 aromatic carbocycles. The fourth-order valence-corrected chi connectivity index (χ4v) is 5.01. The van der Waals surface area contributed by atoms with Crippen molar-refractivity contribution in [2.24, 2.45) is 0 Å². The van der Waals surface area contributed by atoms with Gasteiger partial charge in [0.05, 0.1) is 24.7 Å². The van der Waals surface area contributed by atoms with Gasteiger partial charge >= 0.3 is 0 Å². The number of anilines is 1. The Labute approximate surface area is 192 Å². The van der Waals surface area contributed by atoms with Crippen molar-refractivity contribution in [2.45, 2.75) is 18.2 Å². The van der Waals surface area contributed by atoms with E-state index < -0.39 is 0 Å². The summed E-state index contributed by atoms with van der Waals surface area (Å²) in [4.78, 5) is 23.0. The molecule has 31 heavy (non-hydrogen) atoms. The first kappa shape index (κ1) is 23.4. The molecular weight excluding hydrogens is 430 g/mol. The second-order valence-corrected chi connectivity index (χ2v) is 9.45. The lowest BCUT2D eigenvalue weighted by Gasteiger charge is -2.21. The van der Waals surface area contributed by atoms with Crippen LogP contribution in [0.2, 0.25) is 0 Å². The van der Waals surface area contributed by atoms with Gasteiger partial charge in [0.2, 0.25) is 5.91 Å². The topological polar surface area (TPSA) is 54.9 Å². The molecule has 3 aromatic rings. The van der Waals surface area contributed by atoms with E-state index in [-0.39, 0.29) is 5.91 Å². The summed E-state index contributed by atoms with van der Waals surface area (Å²) in [6.45, 7) is 3.59. The normalized spacial score (nSPS) is 11.2. The SMILES string of the molecule is COc1ccc(SCC(=O)N(CCCN(C)C)c2nc3c(OC)ccc(C)c3s2)cc1. The smallest absolute Gasteiger partial charge is 0.239 e. The highest BCUT2D eigenvalue weighted by Crippen LogP contribution is 2.36. The molecule has 0 unspecified atom stereocenters. The van der Waals surface area contributed by atoms with Crippen molar-refractivity contribution in [3.8, 4) is 11.5 Å². The van der Waals surface area contributed by atoms with Gasteiger partial charge in [0, 0.05) is 11.4 Å². The molecule has 0 aliphatic heterocycles. The van der Waals surface area contributed by atoms with Crippen LogP contribution >= 0.6 is 23.1 Å². The molecule has 0 fully saturated rings. The average molecular weight is 460 g/mol. The first-order chi connectivity index (χ1) is 14.9. The minimum atomic E-state index is 0.0512. The Kier molecular flexibility index (Phi) is 8.17. The van der Waals surface area contributed by atoms with Crippen LogP contribution in [0, 0.1) is 6.92 Å². The standard InChI is InChI=1S/C23H29N3O3S2/c1-16-7-12-19(29-5)21-22(16)31-23(24-21)26(14-6-13-25(2)3)20(27)15-30-18-10-8-17(28-4)9-11-18/h7-12H,6,13-15H2,1-5H3. The Bertz CT molecular complexity index is 1020. The van der Waals surface area contributed by atoms with Crippen molar-refractivity contribution in [2.75, 3.05) is 52.1 Å². The molecule has 0 saturated carbocycles. The van der Waals surface area contributed by atoms with Crippen LogP contribution in [0.5, 0.6) is 11.5 Å². The number of carbonyl (C=O) groups excluding carboxylic acids is 1. The minimum absolute atomic E-state index is 0.0512. The number of carbonyl (C=O) groups is 1. The summed E-state index contributed by atoms with van der Waals surface area (Å²) in [6.07, 6.45) is 0.873. The first-order valence-electron chi connectivity index (χ1n) is 10.1. The summed E-state index contributed by atoms with van der Waals surface area (Å²) < 4.78 is 11.8. The van der Waals surface area contributed by atoms with Gasteiger partial charge < -0.3 is 14.4 Å². The third-order valence-corrected chi connectivity index (χ3v) is 7.06. The van der Waals surface area contributed by atoms with Gasteiger partial charge in [-0.1, -0.05) is 17.4 Å². The Morgan fingerprint density at radius 2 is 1.81 bits per heavy atom. The fourth-order valence-electron chi connectivity index (χ4n) is 3.15. The number of aryl methyl sites for hydroxylation is 1. The number of hydrogen-bond donors (Lipinski definition) is 0. The number of methoxy groups -OCH3 is 2. The maximum Gasteiger partial charge on any atom is 0.239 e. The highest BCUT2D eigenvalue weighted by molar-refractivity contribution is 8.00. The summed E-state index contributed by atoms with van der Waals surface area (Å²) in [7, 11) is 7.37. The van der Waals surface area contributed by atoms with E-state index in [0.717, 1.165) is 50.3 Å². The van der Waals surface area contributed by atoms with Crippen LogP contribution < -0.4 is 14.4 Å². The van der Waals surface area contributed by atoms with Crippen LogP contribution in [-0.4, -0.2) is 62.9 Å². The summed E-state index contributed by atoms with van der Waals surface area (Å²) in [6, 6.07) is 11.7. The third kappa shape index (κ3) is 5.90. The molecule has 0 bridgehead atoms. The van der Waals surface area contributed by atoms with Crippen LogP contribution in [0.3, 0.4) is 0 Å². The number of rotatable bonds is 10. The molecule has 166 valence electrons. The summed E-state index contributed by atoms with van der Waals surface area (Å²) in [5.74, 6) is 1.94. The molecule has 8 heteroatoms. The quantitative estimate of drug-likeness (QED) is 0.410. The molecule has 0 N–H and O–H groups in total. The minimum Gasteiger partial charge on any atom is -0.497 e. The molecule has 1 heterocycles. The summed E-state index contributed by atoms with van der Waals surface area (Å²) in [5, 5.41) is 0.724. The molecule has 0 aliphatic rings. The molecule has 0 spiro atoms. The van der Waals surface area contributed by atoms with Crippen LogP contribution in [0.1, 0.15) is 12.0 Å². The Hall–Kier alpha value is -2.29. The van der Waals surface area contributed by atoms with Crippen molar-refractivity contribution in [1.29, 1.82) is 0 Å². The zero-order valence-corrected chi connectivity index (χ0v) is 20.3. The van der Waals surface area contributed by atoms with Crippen LogP contribution in [0.15, 0.2) is 41.3 Å². The van der Waals surface area contributed by atoms with Crippen molar-refractivity contribution in [3.05, 3.63) is 42.0 Å². The zero-order valence-electron chi connectivity index (χ0n) is 18.7. The lowest BCUT2D eigenvalue weighted by Crippen LogP contribution is -2.34. The number of thioether (sulfide) groups is 1. The predicted molar refractivity (Wildman–Crippen MR) is 130 cm³/mol. The number of nitrogens with zero attached hydrogens (tertiary/aromatic N) is 3. The van der Waals surface area contributed by atoms with E-state index in [1.54, 1.807) is 25.6 Å². The van der Waals surface area contributed by atoms with Crippen LogP contribution in [0.4, 0.5) is 5.13 Å². The number of ether oxygens (including phenoxy) is 2. The van der Waals surface area contributed by atoms with E-state index in [4.69, 9.17) is 14.5 Å². The molecule has 1 aromatic heterocycles. The number of hydrogen-bond acceptors (Lipinski definition) is 7. The van der Waals surface area contributed by atoms with Crippen molar-refractivity contribution in [3.63, 3.8) is 0 Å². The van der Waals surface area contributed by atoms with Gasteiger partial charge in [0.25, 0.3) is 0 Å². The van der Waals surface area contributed by atoms with Crippen LogP contribution in [0.25, 0.3) is 10.2 Å². The molecule has 1 amide bonds. The number of amides is 1. The second kappa shape index (κ2) is 10.8. The van der Waals surface area contributed by atoms with Gasteiger partial charge in [-0.3, -0.25) is 9.69 Å². The second-order valence-electron chi connectivity index (χ2n) is 7.43. The van der Waals surface area contributed by atoms with E-state index in [9.17, 15) is 4.79 Å². The van der Waals surface area contributed by atoms with E-state index in [2.05, 4.69) is 11.8 Å². The van der Waals surface area contributed by atoms with E-state index in [0.29, 0.717) is 12.3 Å². The summed E-state index contributed by atoms with van der Waals surface area (Å²) in [5.41, 5.74) is 1.95. The Morgan fingerprint density at radius 1 is 1.06 bits per heavy atom. The molecular formula is C23H29N3O3S2. The number of thiazole rings is 1. The van der Waals surface area contributed by atoms with E-state index in [1.165, 1.54) is 11.8 Å². The van der Waals surface area contributed by atoms with Gasteiger partial charge in [-0.2, -0.15) is 0 Å². The van der Waals surface area contributed by atoms with Crippen molar-refractivity contribution < 1.29 is 14.3 Å². The molecule has 0 radical (unpaired) electrons. The molecule has 3 rings (SSSR count). The molecule has 6 nitrogen and oxygen atoms in total. The molecule has 0 atom stereocenters. The Balaban J connectivity index is 1.82. The average Bonchev–Trinajstić information content (AvgIpc) is 3.21. The maximum atomic E-state index is 13.2. The predicted octanol–water partition coefficient (Wildman–Crippen LogP) is 4.70. The third-order valence-electron chi connectivity index (χ3n) is 4.85. The van der Waals surface area contributed by atoms with Gasteiger partial charge in [-0.25, -0.2) is 4.98 Å². The van der Waals surface area contributed by atoms with Gasteiger partial charge in [0.15, 0.2) is 5.13 Å². The number of fused-ring (bicyclic) bond motifs is 1. The van der Waals surface area contributed by atoms with Gasteiger partial charge in [-0.15, -0.1) is 11.8 Å². The maximum absolute atomic E-state index is 13.2. The largest absolute Gasteiger partial charge is 0.497 e.